The lowest BCUT2D eigenvalue weighted by Gasteiger charge is -2.06. The van der Waals surface area contributed by atoms with E-state index in [1.807, 2.05) is 0 Å². The first kappa shape index (κ1) is 18.5. The van der Waals surface area contributed by atoms with Crippen LogP contribution in [0.4, 0.5) is 11.4 Å². The molecule has 0 aliphatic carbocycles. The van der Waals surface area contributed by atoms with E-state index in [4.69, 9.17) is 0 Å². The predicted molar refractivity (Wildman–Crippen MR) is 89.9 cm³/mol. The van der Waals surface area contributed by atoms with Crippen molar-refractivity contribution in [1.82, 2.24) is 14.5 Å². The molecule has 1 aromatic heterocycles. The van der Waals surface area contributed by atoms with Crippen molar-refractivity contribution in [3.63, 3.8) is 0 Å². The maximum atomic E-state index is 12.3. The standard InChI is InChI=1S/C14H17N5O5S/c1-4-15-25(23,24)11-7-5-10(6-8-11)16-14(20)12-13(19(21)22)9(2)18(3)17-12/h5-8,15H,4H2,1-3H3,(H,16,20). The number of nitrogens with zero attached hydrogens (tertiary/aromatic N) is 3. The summed E-state index contributed by atoms with van der Waals surface area (Å²) in [6.07, 6.45) is 0. The van der Waals surface area contributed by atoms with Crippen molar-refractivity contribution in [2.24, 2.45) is 7.05 Å². The third-order valence-corrected chi connectivity index (χ3v) is 5.02. The second-order valence-electron chi connectivity index (χ2n) is 5.14. The largest absolute Gasteiger partial charge is 0.322 e. The second kappa shape index (κ2) is 6.99. The van der Waals surface area contributed by atoms with Crippen LogP contribution >= 0.6 is 0 Å². The van der Waals surface area contributed by atoms with E-state index in [9.17, 15) is 23.3 Å². The number of carbonyl (C=O) groups is 1. The zero-order chi connectivity index (χ0) is 18.8. The smallest absolute Gasteiger partial charge is 0.320 e. The van der Waals surface area contributed by atoms with Crippen molar-refractivity contribution >= 4 is 27.3 Å². The molecule has 1 amide bonds. The molecule has 1 aromatic carbocycles. The molecular formula is C14H17N5O5S. The highest BCUT2D eigenvalue weighted by Crippen LogP contribution is 2.23. The number of rotatable bonds is 6. The lowest BCUT2D eigenvalue weighted by molar-refractivity contribution is -0.385. The van der Waals surface area contributed by atoms with Gasteiger partial charge in [-0.1, -0.05) is 6.92 Å². The van der Waals surface area contributed by atoms with Gasteiger partial charge in [0.2, 0.25) is 15.7 Å². The molecule has 0 radical (unpaired) electrons. The van der Waals surface area contributed by atoms with E-state index in [0.717, 1.165) is 0 Å². The summed E-state index contributed by atoms with van der Waals surface area (Å²) < 4.78 is 27.3. The van der Waals surface area contributed by atoms with Gasteiger partial charge in [-0.3, -0.25) is 19.6 Å². The Morgan fingerprint density at radius 3 is 2.44 bits per heavy atom. The Labute approximate surface area is 144 Å². The van der Waals surface area contributed by atoms with Gasteiger partial charge in [0.05, 0.1) is 9.82 Å². The number of carbonyl (C=O) groups excluding carboxylic acids is 1. The first-order chi connectivity index (χ1) is 11.7. The van der Waals surface area contributed by atoms with E-state index in [1.165, 1.54) is 42.9 Å². The average molecular weight is 367 g/mol. The number of hydrogen-bond acceptors (Lipinski definition) is 6. The van der Waals surface area contributed by atoms with Crippen LogP contribution in [0.15, 0.2) is 29.2 Å². The fourth-order valence-electron chi connectivity index (χ4n) is 2.15. The maximum Gasteiger partial charge on any atom is 0.322 e. The van der Waals surface area contributed by atoms with Gasteiger partial charge in [-0.05, 0) is 31.2 Å². The molecule has 0 unspecified atom stereocenters. The van der Waals surface area contributed by atoms with E-state index >= 15 is 0 Å². The van der Waals surface area contributed by atoms with Gasteiger partial charge in [0.1, 0.15) is 5.69 Å². The number of aryl methyl sites for hydroxylation is 1. The van der Waals surface area contributed by atoms with Gasteiger partial charge in [0.25, 0.3) is 5.91 Å². The van der Waals surface area contributed by atoms with Gasteiger partial charge in [0.15, 0.2) is 0 Å². The van der Waals surface area contributed by atoms with Crippen LogP contribution in [0.1, 0.15) is 23.1 Å². The van der Waals surface area contributed by atoms with Crippen molar-refractivity contribution in [2.75, 3.05) is 11.9 Å². The molecule has 2 rings (SSSR count). The van der Waals surface area contributed by atoms with Crippen molar-refractivity contribution in [3.05, 3.63) is 45.8 Å². The third-order valence-electron chi connectivity index (χ3n) is 3.46. The zero-order valence-electron chi connectivity index (χ0n) is 13.8. The first-order valence-electron chi connectivity index (χ1n) is 7.26. The summed E-state index contributed by atoms with van der Waals surface area (Å²) in [5.74, 6) is -0.752. The number of hydrogen-bond donors (Lipinski definition) is 2. The Bertz CT molecular complexity index is 918. The van der Waals surface area contributed by atoms with Crippen molar-refractivity contribution in [2.45, 2.75) is 18.7 Å². The maximum absolute atomic E-state index is 12.3. The van der Waals surface area contributed by atoms with Crippen molar-refractivity contribution in [3.8, 4) is 0 Å². The van der Waals surface area contributed by atoms with Gasteiger partial charge in [0, 0.05) is 19.3 Å². The number of anilines is 1. The molecule has 25 heavy (non-hydrogen) atoms. The molecule has 0 bridgehead atoms. The fourth-order valence-corrected chi connectivity index (χ4v) is 3.19. The number of nitrogens with one attached hydrogen (secondary N) is 2. The molecule has 134 valence electrons. The average Bonchev–Trinajstić information content (AvgIpc) is 2.83. The SMILES string of the molecule is CCNS(=O)(=O)c1ccc(NC(=O)c2nn(C)c(C)c2[N+](=O)[O-])cc1. The molecule has 0 saturated heterocycles. The van der Waals surface area contributed by atoms with Crippen LogP contribution < -0.4 is 10.0 Å². The Hall–Kier alpha value is -2.79. The van der Waals surface area contributed by atoms with Crippen LogP contribution in [0.2, 0.25) is 0 Å². The van der Waals surface area contributed by atoms with Crippen molar-refractivity contribution < 1.29 is 18.1 Å². The molecule has 2 N–H and O–H groups in total. The van der Waals surface area contributed by atoms with Crippen LogP contribution in [-0.4, -0.2) is 35.6 Å². The van der Waals surface area contributed by atoms with Gasteiger partial charge in [-0.15, -0.1) is 0 Å². The van der Waals surface area contributed by atoms with Gasteiger partial charge in [-0.2, -0.15) is 5.10 Å². The summed E-state index contributed by atoms with van der Waals surface area (Å²) >= 11 is 0. The van der Waals surface area contributed by atoms with Gasteiger partial charge >= 0.3 is 5.69 Å². The molecule has 0 saturated carbocycles. The molecule has 2 aromatic rings. The molecule has 0 aliphatic rings. The number of amides is 1. The summed E-state index contributed by atoms with van der Waals surface area (Å²) in [7, 11) is -2.10. The summed E-state index contributed by atoms with van der Waals surface area (Å²) in [5, 5.41) is 17.5. The minimum atomic E-state index is -3.60. The third kappa shape index (κ3) is 3.83. The Morgan fingerprint density at radius 2 is 1.92 bits per heavy atom. The highest BCUT2D eigenvalue weighted by atomic mass is 32.2. The highest BCUT2D eigenvalue weighted by molar-refractivity contribution is 7.89. The van der Waals surface area contributed by atoms with Crippen molar-refractivity contribution in [1.29, 1.82) is 0 Å². The first-order valence-corrected chi connectivity index (χ1v) is 8.74. The highest BCUT2D eigenvalue weighted by Gasteiger charge is 2.29. The summed E-state index contributed by atoms with van der Waals surface area (Å²) in [6.45, 7) is 3.40. The monoisotopic (exact) mass is 367 g/mol. The van der Waals surface area contributed by atoms with E-state index in [1.54, 1.807) is 6.92 Å². The van der Waals surface area contributed by atoms with Crippen LogP contribution in [0.5, 0.6) is 0 Å². The molecule has 0 atom stereocenters. The quantitative estimate of drug-likeness (QED) is 0.581. The molecule has 0 spiro atoms. The number of sulfonamides is 1. The Balaban J connectivity index is 2.25. The lowest BCUT2D eigenvalue weighted by atomic mass is 10.2. The van der Waals surface area contributed by atoms with Crippen LogP contribution in [0.3, 0.4) is 0 Å². The Kier molecular flexibility index (Phi) is 5.18. The van der Waals surface area contributed by atoms with E-state index in [-0.39, 0.29) is 34.2 Å². The minimum absolute atomic E-state index is 0.0482. The number of nitro groups is 1. The van der Waals surface area contributed by atoms with Crippen LogP contribution in [0, 0.1) is 17.0 Å². The predicted octanol–water partition coefficient (Wildman–Crippen LogP) is 1.19. The molecule has 1 heterocycles. The summed E-state index contributed by atoms with van der Waals surface area (Å²) in [5.41, 5.74) is -0.138. The van der Waals surface area contributed by atoms with E-state index in [2.05, 4.69) is 15.1 Å². The van der Waals surface area contributed by atoms with Crippen LogP contribution in [0.25, 0.3) is 0 Å². The van der Waals surface area contributed by atoms with Gasteiger partial charge < -0.3 is 5.32 Å². The number of benzene rings is 1. The molecule has 0 aliphatic heterocycles. The normalized spacial score (nSPS) is 11.3. The summed E-state index contributed by atoms with van der Waals surface area (Å²) in [4.78, 5) is 22.8. The Morgan fingerprint density at radius 1 is 1.32 bits per heavy atom. The van der Waals surface area contributed by atoms with E-state index in [0.29, 0.717) is 0 Å². The molecule has 0 fully saturated rings. The van der Waals surface area contributed by atoms with Crippen LogP contribution in [-0.2, 0) is 17.1 Å². The topological polar surface area (TPSA) is 136 Å². The van der Waals surface area contributed by atoms with Gasteiger partial charge in [-0.25, -0.2) is 13.1 Å². The molecular weight excluding hydrogens is 350 g/mol. The summed E-state index contributed by atoms with van der Waals surface area (Å²) in [6, 6.07) is 5.44. The fraction of sp³-hybridized carbons (Fsp3) is 0.286. The lowest BCUT2D eigenvalue weighted by Crippen LogP contribution is -2.23. The second-order valence-corrected chi connectivity index (χ2v) is 6.91. The van der Waals surface area contributed by atoms with E-state index < -0.39 is 20.9 Å². The molecule has 10 nitrogen and oxygen atoms in total. The minimum Gasteiger partial charge on any atom is -0.320 e. The molecule has 11 heteroatoms. The number of aromatic nitrogens is 2. The zero-order valence-corrected chi connectivity index (χ0v) is 14.6.